The molecule has 0 saturated heterocycles. The maximum Gasteiger partial charge on any atom is 0.0105 e. The van der Waals surface area contributed by atoms with Crippen LogP contribution in [0.2, 0.25) is 0 Å². The Balaban J connectivity index is 2.27. The zero-order valence-electron chi connectivity index (χ0n) is 7.77. The summed E-state index contributed by atoms with van der Waals surface area (Å²) in [5.41, 5.74) is 1.18. The highest BCUT2D eigenvalue weighted by molar-refractivity contribution is 5.27. The van der Waals surface area contributed by atoms with Crippen molar-refractivity contribution in [3.8, 4) is 12.3 Å². The minimum Gasteiger partial charge on any atom is -0.314 e. The highest BCUT2D eigenvalue weighted by atomic mass is 14.9. The second kappa shape index (κ2) is 5.00. The lowest BCUT2D eigenvalue weighted by atomic mass is 9.96. The molecule has 0 radical (unpaired) electrons. The highest BCUT2D eigenvalue weighted by Crippen LogP contribution is 2.16. The predicted octanol–water partition coefficient (Wildman–Crippen LogP) is 2.10. The number of hydrogen-bond donors (Lipinski definition) is 1. The fourth-order valence-corrected chi connectivity index (χ4v) is 1.50. The quantitative estimate of drug-likeness (QED) is 0.628. The smallest absolute Gasteiger partial charge is 0.0105 e. The lowest BCUT2D eigenvalue weighted by molar-refractivity contribution is 0.471. The van der Waals surface area contributed by atoms with Gasteiger partial charge in [-0.2, -0.15) is 0 Å². The lowest BCUT2D eigenvalue weighted by Gasteiger charge is -2.20. The minimum atomic E-state index is 0.669. The van der Waals surface area contributed by atoms with Crippen LogP contribution >= 0.6 is 0 Å². The molecule has 0 bridgehead atoms. The second-order valence-electron chi connectivity index (χ2n) is 3.30. The maximum absolute atomic E-state index is 5.31. The Labute approximate surface area is 75.2 Å². The van der Waals surface area contributed by atoms with Gasteiger partial charge in [-0.3, -0.25) is 0 Å². The van der Waals surface area contributed by atoms with E-state index < -0.39 is 0 Å². The van der Waals surface area contributed by atoms with E-state index in [9.17, 15) is 0 Å². The molecule has 0 fully saturated rings. The molecule has 0 amide bonds. The van der Waals surface area contributed by atoms with Gasteiger partial charge < -0.3 is 5.32 Å². The number of hydrogen-bond acceptors (Lipinski definition) is 1. The third-order valence-corrected chi connectivity index (χ3v) is 2.28. The third kappa shape index (κ3) is 2.71. The van der Waals surface area contributed by atoms with E-state index >= 15 is 0 Å². The first-order chi connectivity index (χ1) is 5.86. The molecule has 0 aliphatic heterocycles. The van der Waals surface area contributed by atoms with Crippen LogP contribution in [0.3, 0.4) is 0 Å². The molecule has 0 aromatic carbocycles. The Morgan fingerprint density at radius 2 is 2.58 bits per heavy atom. The molecule has 0 aromatic heterocycles. The molecule has 0 saturated carbocycles. The van der Waals surface area contributed by atoms with Crippen molar-refractivity contribution < 1.29 is 0 Å². The van der Waals surface area contributed by atoms with Crippen molar-refractivity contribution in [1.29, 1.82) is 0 Å². The Morgan fingerprint density at radius 1 is 1.75 bits per heavy atom. The Morgan fingerprint density at radius 3 is 3.08 bits per heavy atom. The van der Waals surface area contributed by atoms with Crippen molar-refractivity contribution in [1.82, 2.24) is 5.32 Å². The Kier molecular flexibility index (Phi) is 3.90. The van der Waals surface area contributed by atoms with Crippen molar-refractivity contribution in [2.45, 2.75) is 38.6 Å². The molecule has 1 heteroatoms. The first-order valence-corrected chi connectivity index (χ1v) is 4.75. The standard InChI is InChI=1S/C11H17N/c1-3-9-12-11-7-5-10(4-2)6-8-11/h2,5,11-12H,3,6-9H2,1H3/t11-/m0/s1. The molecule has 1 nitrogen and oxygen atoms in total. The highest BCUT2D eigenvalue weighted by Gasteiger charge is 2.11. The number of rotatable bonds is 3. The van der Waals surface area contributed by atoms with Gasteiger partial charge in [0.05, 0.1) is 0 Å². The summed E-state index contributed by atoms with van der Waals surface area (Å²) in [4.78, 5) is 0. The van der Waals surface area contributed by atoms with Gasteiger partial charge in [0.25, 0.3) is 0 Å². The summed E-state index contributed by atoms with van der Waals surface area (Å²) < 4.78 is 0. The fraction of sp³-hybridized carbons (Fsp3) is 0.636. The van der Waals surface area contributed by atoms with Gasteiger partial charge in [0.15, 0.2) is 0 Å². The van der Waals surface area contributed by atoms with Crippen LogP contribution in [0.5, 0.6) is 0 Å². The van der Waals surface area contributed by atoms with E-state index in [0.717, 1.165) is 19.4 Å². The van der Waals surface area contributed by atoms with Crippen LogP contribution in [-0.4, -0.2) is 12.6 Å². The topological polar surface area (TPSA) is 12.0 Å². The molecule has 0 spiro atoms. The van der Waals surface area contributed by atoms with E-state index in [2.05, 4.69) is 24.2 Å². The van der Waals surface area contributed by atoms with Crippen LogP contribution in [0, 0.1) is 12.3 Å². The predicted molar refractivity (Wildman–Crippen MR) is 52.8 cm³/mol. The van der Waals surface area contributed by atoms with E-state index in [1.807, 2.05) is 0 Å². The van der Waals surface area contributed by atoms with Gasteiger partial charge >= 0.3 is 0 Å². The van der Waals surface area contributed by atoms with Crippen molar-refractivity contribution in [3.63, 3.8) is 0 Å². The summed E-state index contributed by atoms with van der Waals surface area (Å²) >= 11 is 0. The Hall–Kier alpha value is -0.740. The zero-order chi connectivity index (χ0) is 8.81. The van der Waals surface area contributed by atoms with Crippen molar-refractivity contribution in [2.24, 2.45) is 0 Å². The van der Waals surface area contributed by atoms with Gasteiger partial charge in [-0.05, 0) is 37.8 Å². The SMILES string of the molecule is C#CC1=CC[C@H](NCCC)CC1. The molecule has 1 rings (SSSR count). The molecular weight excluding hydrogens is 146 g/mol. The number of terminal acetylenes is 1. The molecule has 1 atom stereocenters. The van der Waals surface area contributed by atoms with Crippen LogP contribution < -0.4 is 5.32 Å². The van der Waals surface area contributed by atoms with Crippen LogP contribution in [0.15, 0.2) is 11.6 Å². The average Bonchev–Trinajstić information content (AvgIpc) is 2.15. The monoisotopic (exact) mass is 163 g/mol. The first-order valence-electron chi connectivity index (χ1n) is 4.75. The molecule has 0 unspecified atom stereocenters. The van der Waals surface area contributed by atoms with Crippen molar-refractivity contribution >= 4 is 0 Å². The van der Waals surface area contributed by atoms with Gasteiger partial charge in [-0.25, -0.2) is 0 Å². The van der Waals surface area contributed by atoms with E-state index in [1.165, 1.54) is 18.4 Å². The summed E-state index contributed by atoms with van der Waals surface area (Å²) in [5, 5.41) is 3.50. The van der Waals surface area contributed by atoms with E-state index in [-0.39, 0.29) is 0 Å². The molecular formula is C11H17N. The maximum atomic E-state index is 5.31. The zero-order valence-corrected chi connectivity index (χ0v) is 7.77. The first kappa shape index (κ1) is 9.35. The van der Waals surface area contributed by atoms with Crippen LogP contribution in [0.1, 0.15) is 32.6 Å². The van der Waals surface area contributed by atoms with Crippen molar-refractivity contribution in [3.05, 3.63) is 11.6 Å². The fourth-order valence-electron chi connectivity index (χ4n) is 1.50. The van der Waals surface area contributed by atoms with Gasteiger partial charge in [0, 0.05) is 6.04 Å². The lowest BCUT2D eigenvalue weighted by Crippen LogP contribution is -2.30. The summed E-state index contributed by atoms with van der Waals surface area (Å²) in [6, 6.07) is 0.669. The van der Waals surface area contributed by atoms with E-state index in [4.69, 9.17) is 6.42 Å². The van der Waals surface area contributed by atoms with Gasteiger partial charge in [0.1, 0.15) is 0 Å². The summed E-state index contributed by atoms with van der Waals surface area (Å²) in [6.45, 7) is 3.32. The minimum absolute atomic E-state index is 0.669. The second-order valence-corrected chi connectivity index (χ2v) is 3.30. The van der Waals surface area contributed by atoms with Crippen LogP contribution in [0.25, 0.3) is 0 Å². The van der Waals surface area contributed by atoms with Crippen LogP contribution in [0.4, 0.5) is 0 Å². The average molecular weight is 163 g/mol. The van der Waals surface area contributed by atoms with Crippen LogP contribution in [-0.2, 0) is 0 Å². The summed E-state index contributed by atoms with van der Waals surface area (Å²) in [5.74, 6) is 2.71. The summed E-state index contributed by atoms with van der Waals surface area (Å²) in [7, 11) is 0. The largest absolute Gasteiger partial charge is 0.314 e. The van der Waals surface area contributed by atoms with E-state index in [0.29, 0.717) is 6.04 Å². The molecule has 1 aliphatic rings. The molecule has 1 aliphatic carbocycles. The van der Waals surface area contributed by atoms with E-state index in [1.54, 1.807) is 0 Å². The third-order valence-electron chi connectivity index (χ3n) is 2.28. The number of nitrogens with one attached hydrogen (secondary N) is 1. The molecule has 66 valence electrons. The van der Waals surface area contributed by atoms with Gasteiger partial charge in [0.2, 0.25) is 0 Å². The van der Waals surface area contributed by atoms with Gasteiger partial charge in [-0.15, -0.1) is 6.42 Å². The molecule has 0 aromatic rings. The summed E-state index contributed by atoms with van der Waals surface area (Å²) in [6.07, 6.45) is 12.1. The Bertz CT molecular complexity index is 198. The molecule has 12 heavy (non-hydrogen) atoms. The normalized spacial score (nSPS) is 23.0. The van der Waals surface area contributed by atoms with Crippen molar-refractivity contribution in [2.75, 3.05) is 6.54 Å². The molecule has 1 N–H and O–H groups in total. The number of allylic oxidation sites excluding steroid dienone is 1. The van der Waals surface area contributed by atoms with Gasteiger partial charge in [-0.1, -0.05) is 18.9 Å². The molecule has 0 heterocycles.